The first-order chi connectivity index (χ1) is 7.86. The number of morpholine rings is 1. The summed E-state index contributed by atoms with van der Waals surface area (Å²) in [6.45, 7) is 9.90. The summed E-state index contributed by atoms with van der Waals surface area (Å²) in [5, 5.41) is 3.32. The van der Waals surface area contributed by atoms with Gasteiger partial charge >= 0.3 is 0 Å². The molecule has 16 heavy (non-hydrogen) atoms. The predicted molar refractivity (Wildman–Crippen MR) is 64.6 cm³/mol. The largest absolute Gasteiger partial charge is 0.379 e. The number of hydrogen-bond donors (Lipinski definition) is 2. The maximum atomic E-state index is 5.67. The van der Waals surface area contributed by atoms with Crippen molar-refractivity contribution in [2.24, 2.45) is 5.73 Å². The molecular weight excluding hydrogens is 206 g/mol. The molecule has 0 radical (unpaired) electrons. The van der Waals surface area contributed by atoms with Gasteiger partial charge in [-0.25, -0.2) is 0 Å². The van der Waals surface area contributed by atoms with Gasteiger partial charge in [0.15, 0.2) is 0 Å². The Bertz CT molecular complexity index is 169. The Morgan fingerprint density at radius 1 is 1.50 bits per heavy atom. The van der Waals surface area contributed by atoms with E-state index < -0.39 is 0 Å². The van der Waals surface area contributed by atoms with Crippen LogP contribution in [0, 0.1) is 0 Å². The molecule has 1 unspecified atom stereocenters. The number of nitrogens with zero attached hydrogens (tertiary/aromatic N) is 1. The molecule has 1 saturated heterocycles. The summed E-state index contributed by atoms with van der Waals surface area (Å²) >= 11 is 0. The third-order valence-electron chi connectivity index (χ3n) is 2.66. The number of hydrogen-bond acceptors (Lipinski definition) is 5. The smallest absolute Gasteiger partial charge is 0.0826 e. The minimum Gasteiger partial charge on any atom is -0.379 e. The molecule has 0 aromatic heterocycles. The molecule has 0 spiro atoms. The van der Waals surface area contributed by atoms with Crippen LogP contribution in [0.5, 0.6) is 0 Å². The van der Waals surface area contributed by atoms with E-state index in [1.165, 1.54) is 0 Å². The van der Waals surface area contributed by atoms with Crippen LogP contribution in [-0.2, 0) is 9.47 Å². The minimum absolute atomic E-state index is 0.322. The summed E-state index contributed by atoms with van der Waals surface area (Å²) < 4.78 is 11.1. The highest BCUT2D eigenvalue weighted by Gasteiger charge is 2.19. The van der Waals surface area contributed by atoms with E-state index in [1.54, 1.807) is 0 Å². The van der Waals surface area contributed by atoms with Crippen molar-refractivity contribution in [1.82, 2.24) is 10.2 Å². The maximum absolute atomic E-state index is 5.67. The van der Waals surface area contributed by atoms with Gasteiger partial charge < -0.3 is 20.5 Å². The third kappa shape index (κ3) is 5.77. The van der Waals surface area contributed by atoms with Crippen LogP contribution in [0.4, 0.5) is 0 Å². The molecule has 1 aliphatic heterocycles. The first-order valence-electron chi connectivity index (χ1n) is 6.19. The van der Waals surface area contributed by atoms with E-state index in [-0.39, 0.29) is 0 Å². The SMILES string of the molecule is CCNCC1CN(CCOCCN)CCO1. The summed E-state index contributed by atoms with van der Waals surface area (Å²) in [7, 11) is 0. The van der Waals surface area contributed by atoms with Crippen molar-refractivity contribution in [3.8, 4) is 0 Å². The Labute approximate surface area is 98.3 Å². The number of nitrogens with two attached hydrogens (primary N) is 1. The molecule has 1 rings (SSSR count). The van der Waals surface area contributed by atoms with Crippen LogP contribution in [0.15, 0.2) is 0 Å². The van der Waals surface area contributed by atoms with E-state index in [0.717, 1.165) is 45.9 Å². The molecule has 0 aromatic rings. The zero-order chi connectivity index (χ0) is 11.6. The van der Waals surface area contributed by atoms with Crippen LogP contribution < -0.4 is 11.1 Å². The molecule has 3 N–H and O–H groups in total. The summed E-state index contributed by atoms with van der Waals surface area (Å²) in [6, 6.07) is 0. The van der Waals surface area contributed by atoms with E-state index in [4.69, 9.17) is 15.2 Å². The predicted octanol–water partition coefficient (Wildman–Crippen LogP) is -0.728. The lowest BCUT2D eigenvalue weighted by molar-refractivity contribution is -0.0343. The van der Waals surface area contributed by atoms with Gasteiger partial charge in [-0.15, -0.1) is 0 Å². The molecule has 1 aliphatic rings. The van der Waals surface area contributed by atoms with Gasteiger partial charge in [0.1, 0.15) is 0 Å². The Morgan fingerprint density at radius 3 is 3.12 bits per heavy atom. The van der Waals surface area contributed by atoms with Crippen molar-refractivity contribution in [3.63, 3.8) is 0 Å². The molecule has 0 bridgehead atoms. The first-order valence-corrected chi connectivity index (χ1v) is 6.19. The second-order valence-corrected chi connectivity index (χ2v) is 4.00. The quantitative estimate of drug-likeness (QED) is 0.540. The monoisotopic (exact) mass is 231 g/mol. The second kappa shape index (κ2) is 8.90. The molecule has 0 aromatic carbocycles. The number of likely N-dealkylation sites (N-methyl/N-ethyl adjacent to an activating group) is 1. The fourth-order valence-electron chi connectivity index (χ4n) is 1.79. The Balaban J connectivity index is 2.07. The van der Waals surface area contributed by atoms with Crippen LogP contribution in [0.3, 0.4) is 0 Å². The zero-order valence-corrected chi connectivity index (χ0v) is 10.3. The highest BCUT2D eigenvalue weighted by atomic mass is 16.5. The summed E-state index contributed by atoms with van der Waals surface area (Å²) in [4.78, 5) is 2.39. The van der Waals surface area contributed by atoms with Gasteiger partial charge in [-0.05, 0) is 6.54 Å². The first kappa shape index (κ1) is 13.9. The molecule has 1 fully saturated rings. The molecule has 1 heterocycles. The standard InChI is InChI=1S/C11H25N3O2/c1-2-13-9-11-10-14(5-8-16-11)4-7-15-6-3-12/h11,13H,2-10,12H2,1H3. The third-order valence-corrected chi connectivity index (χ3v) is 2.66. The van der Waals surface area contributed by atoms with Gasteiger partial charge in [-0.3, -0.25) is 4.90 Å². The minimum atomic E-state index is 0.322. The van der Waals surface area contributed by atoms with Gasteiger partial charge in [0.05, 0.1) is 25.9 Å². The lowest BCUT2D eigenvalue weighted by Gasteiger charge is -2.32. The second-order valence-electron chi connectivity index (χ2n) is 4.00. The highest BCUT2D eigenvalue weighted by Crippen LogP contribution is 2.03. The number of rotatable bonds is 8. The number of ether oxygens (including phenoxy) is 2. The summed E-state index contributed by atoms with van der Waals surface area (Å²) in [6.07, 6.45) is 0.322. The van der Waals surface area contributed by atoms with Crippen molar-refractivity contribution < 1.29 is 9.47 Å². The maximum Gasteiger partial charge on any atom is 0.0826 e. The van der Waals surface area contributed by atoms with Gasteiger partial charge in [0.2, 0.25) is 0 Å². The fraction of sp³-hybridized carbons (Fsp3) is 1.00. The van der Waals surface area contributed by atoms with E-state index in [2.05, 4.69) is 17.1 Å². The van der Waals surface area contributed by atoms with E-state index in [9.17, 15) is 0 Å². The van der Waals surface area contributed by atoms with Gasteiger partial charge in [-0.1, -0.05) is 6.92 Å². The Morgan fingerprint density at radius 2 is 2.38 bits per heavy atom. The lowest BCUT2D eigenvalue weighted by atomic mass is 10.2. The lowest BCUT2D eigenvalue weighted by Crippen LogP contribution is -2.47. The Hall–Kier alpha value is -0.200. The molecule has 5 heteroatoms. The molecule has 5 nitrogen and oxygen atoms in total. The number of nitrogens with one attached hydrogen (secondary N) is 1. The molecule has 1 atom stereocenters. The van der Waals surface area contributed by atoms with Crippen LogP contribution >= 0.6 is 0 Å². The van der Waals surface area contributed by atoms with Crippen LogP contribution in [-0.4, -0.2) is 70.1 Å². The van der Waals surface area contributed by atoms with E-state index in [0.29, 0.717) is 19.3 Å². The molecular formula is C11H25N3O2. The van der Waals surface area contributed by atoms with Crippen LogP contribution in [0.2, 0.25) is 0 Å². The summed E-state index contributed by atoms with van der Waals surface area (Å²) in [5.74, 6) is 0. The molecule has 96 valence electrons. The average molecular weight is 231 g/mol. The highest BCUT2D eigenvalue weighted by molar-refractivity contribution is 4.72. The molecule has 0 aliphatic carbocycles. The zero-order valence-electron chi connectivity index (χ0n) is 10.3. The normalized spacial score (nSPS) is 22.5. The van der Waals surface area contributed by atoms with Crippen molar-refractivity contribution in [2.75, 3.05) is 59.1 Å². The van der Waals surface area contributed by atoms with E-state index in [1.807, 2.05) is 0 Å². The van der Waals surface area contributed by atoms with Gasteiger partial charge in [0.25, 0.3) is 0 Å². The molecule has 0 saturated carbocycles. The van der Waals surface area contributed by atoms with E-state index >= 15 is 0 Å². The van der Waals surface area contributed by atoms with Crippen molar-refractivity contribution in [1.29, 1.82) is 0 Å². The van der Waals surface area contributed by atoms with Gasteiger partial charge in [-0.2, -0.15) is 0 Å². The fourth-order valence-corrected chi connectivity index (χ4v) is 1.79. The van der Waals surface area contributed by atoms with Crippen LogP contribution in [0.25, 0.3) is 0 Å². The Kier molecular flexibility index (Phi) is 7.71. The van der Waals surface area contributed by atoms with Gasteiger partial charge in [0, 0.05) is 32.7 Å². The van der Waals surface area contributed by atoms with Crippen LogP contribution in [0.1, 0.15) is 6.92 Å². The average Bonchev–Trinajstić information content (AvgIpc) is 2.33. The van der Waals surface area contributed by atoms with Crippen molar-refractivity contribution in [3.05, 3.63) is 0 Å². The van der Waals surface area contributed by atoms with Crippen molar-refractivity contribution in [2.45, 2.75) is 13.0 Å². The molecule has 0 amide bonds. The van der Waals surface area contributed by atoms with Crippen molar-refractivity contribution >= 4 is 0 Å². The summed E-state index contributed by atoms with van der Waals surface area (Å²) in [5.41, 5.74) is 5.36. The topological polar surface area (TPSA) is 59.8 Å².